The highest BCUT2D eigenvalue weighted by Crippen LogP contribution is 2.24. The van der Waals surface area contributed by atoms with Gasteiger partial charge >= 0.3 is 0 Å². The third-order valence-electron chi connectivity index (χ3n) is 3.36. The summed E-state index contributed by atoms with van der Waals surface area (Å²) in [6.07, 6.45) is 4.30. The number of imidazole rings is 1. The number of aromatic nitrogens is 3. The zero-order valence-electron chi connectivity index (χ0n) is 11.1. The molecule has 0 aliphatic heterocycles. The van der Waals surface area contributed by atoms with Crippen LogP contribution in [-0.2, 0) is 18.8 Å². The number of hydrogen-bond donors (Lipinski definition) is 0. The number of fused-ring (bicyclic) bond motifs is 1. The van der Waals surface area contributed by atoms with E-state index in [4.69, 9.17) is 23.2 Å². The number of benzene rings is 1. The Kier molecular flexibility index (Phi) is 4.08. The summed E-state index contributed by atoms with van der Waals surface area (Å²) >= 11 is 11.7. The topological polar surface area (TPSA) is 30.7 Å². The van der Waals surface area contributed by atoms with E-state index in [1.54, 1.807) is 12.4 Å². The van der Waals surface area contributed by atoms with Gasteiger partial charge in [0.2, 0.25) is 0 Å². The fraction of sp³-hybridized carbons (Fsp3) is 0.200. The van der Waals surface area contributed by atoms with Crippen LogP contribution in [0.3, 0.4) is 0 Å². The van der Waals surface area contributed by atoms with Crippen LogP contribution in [-0.4, -0.2) is 14.5 Å². The Morgan fingerprint density at radius 2 is 1.95 bits per heavy atom. The molecule has 3 aromatic rings. The van der Waals surface area contributed by atoms with Crippen molar-refractivity contribution in [3.63, 3.8) is 0 Å². The molecule has 6 heteroatoms. The molecule has 0 N–H and O–H groups in total. The second-order valence-electron chi connectivity index (χ2n) is 4.67. The van der Waals surface area contributed by atoms with E-state index in [0.717, 1.165) is 12.0 Å². The summed E-state index contributed by atoms with van der Waals surface area (Å²) in [5.41, 5.74) is 2.52. The molecule has 0 amide bonds. The third kappa shape index (κ3) is 2.87. The van der Waals surface area contributed by atoms with E-state index in [2.05, 4.69) is 9.97 Å². The smallest absolute Gasteiger partial charge is 0.144 e. The molecule has 0 unspecified atom stereocenters. The van der Waals surface area contributed by atoms with Crippen LogP contribution in [0.15, 0.2) is 36.7 Å². The molecule has 2 aromatic heterocycles. The van der Waals surface area contributed by atoms with Crippen LogP contribution >= 0.6 is 23.2 Å². The van der Waals surface area contributed by atoms with Crippen LogP contribution in [0.1, 0.15) is 11.4 Å². The summed E-state index contributed by atoms with van der Waals surface area (Å²) in [5.74, 6) is 0.530. The van der Waals surface area contributed by atoms with Gasteiger partial charge in [-0.1, -0.05) is 11.6 Å². The van der Waals surface area contributed by atoms with Crippen LogP contribution in [0.4, 0.5) is 4.39 Å². The Morgan fingerprint density at radius 3 is 2.67 bits per heavy atom. The van der Waals surface area contributed by atoms with E-state index in [1.165, 1.54) is 12.1 Å². The molecule has 0 bridgehead atoms. The van der Waals surface area contributed by atoms with E-state index in [1.807, 2.05) is 16.7 Å². The van der Waals surface area contributed by atoms with Gasteiger partial charge in [-0.2, -0.15) is 0 Å². The van der Waals surface area contributed by atoms with Crippen molar-refractivity contribution < 1.29 is 4.39 Å². The average Bonchev–Trinajstić information content (AvgIpc) is 2.83. The second-order valence-corrected chi connectivity index (χ2v) is 5.35. The van der Waals surface area contributed by atoms with Crippen molar-refractivity contribution in [2.45, 2.75) is 18.8 Å². The van der Waals surface area contributed by atoms with E-state index >= 15 is 0 Å². The molecule has 21 heavy (non-hydrogen) atoms. The summed E-state index contributed by atoms with van der Waals surface area (Å²) in [6, 6.07) is 6.85. The van der Waals surface area contributed by atoms with Gasteiger partial charge in [-0.15, -0.1) is 11.6 Å². The normalized spacial score (nSPS) is 11.2. The molecule has 2 heterocycles. The number of hydrogen-bond acceptors (Lipinski definition) is 2. The van der Waals surface area contributed by atoms with E-state index in [9.17, 15) is 4.39 Å². The van der Waals surface area contributed by atoms with Crippen LogP contribution in [0, 0.1) is 5.82 Å². The minimum absolute atomic E-state index is 0.0717. The molecule has 0 radical (unpaired) electrons. The lowest BCUT2D eigenvalue weighted by Crippen LogP contribution is -2.05. The SMILES string of the molecule is Fc1cc2c(cc1Cl)nc(CCl)n2CCc1ccncc1. The van der Waals surface area contributed by atoms with Crippen molar-refractivity contribution in [1.82, 2.24) is 14.5 Å². The van der Waals surface area contributed by atoms with E-state index in [-0.39, 0.29) is 10.9 Å². The van der Waals surface area contributed by atoms with Crippen molar-refractivity contribution in [2.24, 2.45) is 0 Å². The molecule has 0 aliphatic carbocycles. The van der Waals surface area contributed by atoms with E-state index in [0.29, 0.717) is 23.4 Å². The summed E-state index contributed by atoms with van der Waals surface area (Å²) in [7, 11) is 0. The first kappa shape index (κ1) is 14.3. The molecule has 0 fully saturated rings. The average molecular weight is 324 g/mol. The van der Waals surface area contributed by atoms with Gasteiger partial charge in [0.05, 0.1) is 21.9 Å². The fourth-order valence-corrected chi connectivity index (χ4v) is 2.67. The highest BCUT2D eigenvalue weighted by Gasteiger charge is 2.13. The Bertz CT molecular complexity index is 771. The third-order valence-corrected chi connectivity index (χ3v) is 3.89. The van der Waals surface area contributed by atoms with Crippen molar-refractivity contribution in [3.05, 3.63) is 58.9 Å². The van der Waals surface area contributed by atoms with Gasteiger partial charge in [0.25, 0.3) is 0 Å². The maximum Gasteiger partial charge on any atom is 0.144 e. The predicted octanol–water partition coefficient (Wildman–Crippen LogP) is 4.21. The molecule has 0 atom stereocenters. The minimum atomic E-state index is -0.449. The fourth-order valence-electron chi connectivity index (χ4n) is 2.31. The van der Waals surface area contributed by atoms with Crippen LogP contribution in [0.2, 0.25) is 5.02 Å². The van der Waals surface area contributed by atoms with E-state index < -0.39 is 5.82 Å². The standard InChI is InChI=1S/C15H12Cl2FN3/c16-9-15-20-13-7-11(17)12(18)8-14(13)21(15)6-3-10-1-4-19-5-2-10/h1-2,4-5,7-8H,3,6,9H2. The number of halogens is 3. The Balaban J connectivity index is 1.98. The highest BCUT2D eigenvalue weighted by atomic mass is 35.5. The van der Waals surface area contributed by atoms with Gasteiger partial charge in [0.1, 0.15) is 11.6 Å². The van der Waals surface area contributed by atoms with Crippen molar-refractivity contribution >= 4 is 34.2 Å². The molecule has 0 spiro atoms. The van der Waals surface area contributed by atoms with Crippen molar-refractivity contribution in [1.29, 1.82) is 0 Å². The highest BCUT2D eigenvalue weighted by molar-refractivity contribution is 6.31. The number of nitrogens with zero attached hydrogens (tertiary/aromatic N) is 3. The molecule has 3 rings (SSSR count). The van der Waals surface area contributed by atoms with Crippen molar-refractivity contribution in [2.75, 3.05) is 0 Å². The molecular formula is C15H12Cl2FN3. The Labute approximate surface area is 131 Å². The molecular weight excluding hydrogens is 312 g/mol. The number of aryl methyl sites for hydroxylation is 2. The second kappa shape index (κ2) is 6.00. The van der Waals surface area contributed by atoms with Crippen molar-refractivity contribution in [3.8, 4) is 0 Å². The number of alkyl halides is 1. The maximum absolute atomic E-state index is 13.7. The molecule has 108 valence electrons. The lowest BCUT2D eigenvalue weighted by atomic mass is 10.2. The molecule has 0 saturated heterocycles. The van der Waals surface area contributed by atoms with Gasteiger partial charge < -0.3 is 4.57 Å². The van der Waals surface area contributed by atoms with Gasteiger partial charge in [-0.25, -0.2) is 9.37 Å². The molecule has 0 aliphatic rings. The zero-order valence-corrected chi connectivity index (χ0v) is 12.6. The first-order valence-electron chi connectivity index (χ1n) is 6.48. The first-order valence-corrected chi connectivity index (χ1v) is 7.39. The number of rotatable bonds is 4. The summed E-state index contributed by atoms with van der Waals surface area (Å²) in [5, 5.41) is 0.0717. The minimum Gasteiger partial charge on any atom is -0.327 e. The van der Waals surface area contributed by atoms with Gasteiger partial charge in [0.15, 0.2) is 0 Å². The van der Waals surface area contributed by atoms with Crippen LogP contribution in [0.25, 0.3) is 11.0 Å². The zero-order chi connectivity index (χ0) is 14.8. The van der Waals surface area contributed by atoms with Gasteiger partial charge in [-0.05, 0) is 30.2 Å². The molecule has 0 saturated carbocycles. The molecule has 3 nitrogen and oxygen atoms in total. The van der Waals surface area contributed by atoms with Crippen LogP contribution in [0.5, 0.6) is 0 Å². The lowest BCUT2D eigenvalue weighted by molar-refractivity contribution is 0.627. The largest absolute Gasteiger partial charge is 0.327 e. The van der Waals surface area contributed by atoms with Gasteiger partial charge in [0, 0.05) is 25.0 Å². The number of pyridine rings is 1. The maximum atomic E-state index is 13.7. The van der Waals surface area contributed by atoms with Gasteiger partial charge in [-0.3, -0.25) is 4.98 Å². The first-order chi connectivity index (χ1) is 10.2. The predicted molar refractivity (Wildman–Crippen MR) is 82.2 cm³/mol. The summed E-state index contributed by atoms with van der Waals surface area (Å²) in [4.78, 5) is 8.40. The summed E-state index contributed by atoms with van der Waals surface area (Å²) in [6.45, 7) is 0.670. The quantitative estimate of drug-likeness (QED) is 0.673. The van der Waals surface area contributed by atoms with Crippen LogP contribution < -0.4 is 0 Å². The summed E-state index contributed by atoms with van der Waals surface area (Å²) < 4.78 is 15.6. The monoisotopic (exact) mass is 323 g/mol. The molecule has 1 aromatic carbocycles. The Morgan fingerprint density at radius 1 is 1.19 bits per heavy atom. The Hall–Kier alpha value is -1.65. The lowest BCUT2D eigenvalue weighted by Gasteiger charge is -2.08.